The van der Waals surface area contributed by atoms with Crippen LogP contribution in [0.15, 0.2) is 79.0 Å². The average Bonchev–Trinajstić information content (AvgIpc) is 2.67. The molecule has 0 spiro atoms. The van der Waals surface area contributed by atoms with Gasteiger partial charge in [-0.15, -0.1) is 35.9 Å². The van der Waals surface area contributed by atoms with Gasteiger partial charge >= 0.3 is 0 Å². The Morgan fingerprint density at radius 1 is 1.00 bits per heavy atom. The van der Waals surface area contributed by atoms with Crippen molar-refractivity contribution in [2.24, 2.45) is 0 Å². The van der Waals surface area contributed by atoms with Gasteiger partial charge in [-0.1, -0.05) is 12.1 Å². The number of fused-ring (bicyclic) bond motifs is 3. The van der Waals surface area contributed by atoms with Gasteiger partial charge in [0.2, 0.25) is 0 Å². The van der Waals surface area contributed by atoms with Gasteiger partial charge in [-0.05, 0) is 47.8 Å². The van der Waals surface area contributed by atoms with E-state index in [0.717, 1.165) is 22.0 Å². The number of benzene rings is 2. The molecule has 2 aromatic heterocycles. The minimum atomic E-state index is -0.125. The first-order chi connectivity index (χ1) is 13.1. The third kappa shape index (κ3) is 5.09. The van der Waals surface area contributed by atoms with Crippen molar-refractivity contribution in [3.63, 3.8) is 0 Å². The molecule has 0 unspecified atom stereocenters. The van der Waals surface area contributed by atoms with E-state index in [1.54, 1.807) is 0 Å². The molecule has 0 aliphatic heterocycles. The van der Waals surface area contributed by atoms with Gasteiger partial charge in [0.1, 0.15) is 0 Å². The largest absolute Gasteiger partial charge is 0.512 e. The smallest absolute Gasteiger partial charge is 0.155 e. The van der Waals surface area contributed by atoms with Crippen LogP contribution in [-0.2, 0) is 24.9 Å². The Hall–Kier alpha value is -2.88. The second-order valence-electron chi connectivity index (χ2n) is 6.09. The second-order valence-corrected chi connectivity index (χ2v) is 6.09. The molecule has 4 nitrogen and oxygen atoms in total. The first-order valence-electron chi connectivity index (χ1n) is 8.52. The van der Waals surface area contributed by atoms with Gasteiger partial charge < -0.3 is 10.1 Å². The first-order valence-corrected chi connectivity index (χ1v) is 8.52. The number of rotatable bonds is 2. The van der Waals surface area contributed by atoms with Crippen molar-refractivity contribution in [3.8, 4) is 11.3 Å². The molecule has 4 aromatic rings. The summed E-state index contributed by atoms with van der Waals surface area (Å²) in [5.74, 6) is -0.0625. The van der Waals surface area contributed by atoms with Crippen molar-refractivity contribution in [1.82, 2.24) is 9.97 Å². The van der Waals surface area contributed by atoms with E-state index in [1.165, 1.54) is 30.7 Å². The predicted octanol–water partition coefficient (Wildman–Crippen LogP) is 5.28. The molecule has 0 atom stereocenters. The van der Waals surface area contributed by atoms with E-state index in [0.29, 0.717) is 0 Å². The maximum absolute atomic E-state index is 10.0. The van der Waals surface area contributed by atoms with Crippen molar-refractivity contribution < 1.29 is 30.0 Å². The van der Waals surface area contributed by atoms with E-state index >= 15 is 0 Å². The standard InChI is InChI=1S/C18H11N2.C5H8O2.Ir/c1-2-4-13(5-3-1)18-17-7-6-14-12-19-10-8-15(14)16(17)9-11-20-18;1-4(6)3-5(2)7;/h1-4,6-12H;3,6H,1-2H3;/q-1;;/b;4-3-;. The zero-order chi connectivity index (χ0) is 19.2. The molecule has 1 radical (unpaired) electrons. The Bertz CT molecular complexity index is 1120. The minimum Gasteiger partial charge on any atom is -0.512 e. The van der Waals surface area contributed by atoms with Gasteiger partial charge in [-0.2, -0.15) is 0 Å². The fourth-order valence-corrected chi connectivity index (χ4v) is 2.88. The summed E-state index contributed by atoms with van der Waals surface area (Å²) in [6, 6.07) is 19.5. The molecule has 1 N–H and O–H groups in total. The summed E-state index contributed by atoms with van der Waals surface area (Å²) in [7, 11) is 0. The van der Waals surface area contributed by atoms with Crippen LogP contribution in [-0.4, -0.2) is 20.9 Å². The zero-order valence-corrected chi connectivity index (χ0v) is 17.9. The number of carbonyl (C=O) groups excluding carboxylic acids is 1. The topological polar surface area (TPSA) is 63.1 Å². The van der Waals surface area contributed by atoms with E-state index in [2.05, 4.69) is 40.3 Å². The zero-order valence-electron chi connectivity index (χ0n) is 15.5. The van der Waals surface area contributed by atoms with Crippen LogP contribution in [0.4, 0.5) is 0 Å². The van der Waals surface area contributed by atoms with Gasteiger partial charge in [0.15, 0.2) is 5.78 Å². The summed E-state index contributed by atoms with van der Waals surface area (Å²) in [4.78, 5) is 18.7. The molecule has 0 fully saturated rings. The Morgan fingerprint density at radius 2 is 1.79 bits per heavy atom. The van der Waals surface area contributed by atoms with E-state index in [-0.39, 0.29) is 31.6 Å². The Morgan fingerprint density at radius 3 is 2.43 bits per heavy atom. The Balaban J connectivity index is 0.000000306. The van der Waals surface area contributed by atoms with Crippen molar-refractivity contribution in [1.29, 1.82) is 0 Å². The molecule has 0 aliphatic carbocycles. The van der Waals surface area contributed by atoms with E-state index in [1.807, 2.05) is 42.9 Å². The Labute approximate surface area is 177 Å². The fourth-order valence-electron chi connectivity index (χ4n) is 2.88. The van der Waals surface area contributed by atoms with Crippen LogP contribution in [0.5, 0.6) is 0 Å². The van der Waals surface area contributed by atoms with Crippen molar-refractivity contribution in [3.05, 3.63) is 85.0 Å². The molecule has 2 aromatic carbocycles. The molecule has 28 heavy (non-hydrogen) atoms. The summed E-state index contributed by atoms with van der Waals surface area (Å²) in [5, 5.41) is 13.1. The van der Waals surface area contributed by atoms with E-state index in [4.69, 9.17) is 5.11 Å². The molecular weight excluding hydrogens is 528 g/mol. The third-order valence-electron chi connectivity index (χ3n) is 3.94. The summed E-state index contributed by atoms with van der Waals surface area (Å²) >= 11 is 0. The van der Waals surface area contributed by atoms with Crippen LogP contribution in [0, 0.1) is 6.07 Å². The molecule has 0 saturated carbocycles. The molecule has 2 heterocycles. The molecule has 0 aliphatic rings. The summed E-state index contributed by atoms with van der Waals surface area (Å²) in [5.41, 5.74) is 1.99. The molecule has 0 amide bonds. The number of ketones is 1. The molecule has 0 saturated heterocycles. The molecule has 143 valence electrons. The van der Waals surface area contributed by atoms with Crippen molar-refractivity contribution >= 4 is 27.3 Å². The van der Waals surface area contributed by atoms with Gasteiger partial charge in [0, 0.05) is 50.2 Å². The SMILES string of the molecule is CC(=O)/C=C(/C)O.[Ir].[c-]1ccccc1-c1nccc2c1ccc1cnccc12. The van der Waals surface area contributed by atoms with Crippen LogP contribution in [0.25, 0.3) is 32.8 Å². The average molecular weight is 548 g/mol. The van der Waals surface area contributed by atoms with Crippen molar-refractivity contribution in [2.75, 3.05) is 0 Å². The number of hydrogen-bond acceptors (Lipinski definition) is 4. The summed E-state index contributed by atoms with van der Waals surface area (Å²) in [6.45, 7) is 2.85. The summed E-state index contributed by atoms with van der Waals surface area (Å²) < 4.78 is 0. The number of aliphatic hydroxyl groups excluding tert-OH is 1. The Kier molecular flexibility index (Phi) is 7.56. The van der Waals surface area contributed by atoms with Crippen LogP contribution in [0.3, 0.4) is 0 Å². The van der Waals surface area contributed by atoms with Crippen molar-refractivity contribution in [2.45, 2.75) is 13.8 Å². The molecule has 4 rings (SSSR count). The number of allylic oxidation sites excluding steroid dienone is 2. The van der Waals surface area contributed by atoms with Crippen LogP contribution in [0.2, 0.25) is 0 Å². The molecule has 5 heteroatoms. The number of pyridine rings is 2. The van der Waals surface area contributed by atoms with Crippen LogP contribution >= 0.6 is 0 Å². The number of aliphatic hydroxyl groups is 1. The summed E-state index contributed by atoms with van der Waals surface area (Å²) in [6.07, 6.45) is 6.75. The van der Waals surface area contributed by atoms with E-state index in [9.17, 15) is 4.79 Å². The van der Waals surface area contributed by atoms with Gasteiger partial charge in [-0.25, -0.2) is 0 Å². The number of hydrogen-bond donors (Lipinski definition) is 1. The van der Waals surface area contributed by atoms with Crippen LogP contribution in [0.1, 0.15) is 13.8 Å². The normalized spacial score (nSPS) is 10.7. The maximum atomic E-state index is 10.0. The second kappa shape index (κ2) is 9.88. The van der Waals surface area contributed by atoms with Gasteiger partial charge in [-0.3, -0.25) is 9.78 Å². The van der Waals surface area contributed by atoms with Gasteiger partial charge in [0.25, 0.3) is 0 Å². The number of carbonyl (C=O) groups is 1. The predicted molar refractivity (Wildman–Crippen MR) is 108 cm³/mol. The monoisotopic (exact) mass is 548 g/mol. The van der Waals surface area contributed by atoms with Gasteiger partial charge in [0.05, 0.1) is 5.76 Å². The molecular formula is C23H19IrN2O2-. The maximum Gasteiger partial charge on any atom is 0.155 e. The van der Waals surface area contributed by atoms with Crippen LogP contribution < -0.4 is 0 Å². The molecule has 0 bridgehead atoms. The number of nitrogens with zero attached hydrogens (tertiary/aromatic N) is 2. The third-order valence-corrected chi connectivity index (χ3v) is 3.94. The first kappa shape index (κ1) is 21.4. The minimum absolute atomic E-state index is 0. The number of aromatic nitrogens is 2. The fraction of sp³-hybridized carbons (Fsp3) is 0.0870. The quantitative estimate of drug-likeness (QED) is 0.161. The van der Waals surface area contributed by atoms with E-state index < -0.39 is 0 Å².